The number of nitriles is 1. The Hall–Kier alpha value is -0.525. The monoisotopic (exact) mass is 251 g/mol. The van der Waals surface area contributed by atoms with Gasteiger partial charge in [-0.3, -0.25) is 0 Å². The van der Waals surface area contributed by atoms with Gasteiger partial charge in [-0.2, -0.15) is 0 Å². The van der Waals surface area contributed by atoms with Crippen LogP contribution in [0.3, 0.4) is 0 Å². The van der Waals surface area contributed by atoms with Gasteiger partial charge in [-0.25, -0.2) is 5.26 Å². The van der Waals surface area contributed by atoms with Crippen LogP contribution < -0.4 is 0 Å². The predicted octanol–water partition coefficient (Wildman–Crippen LogP) is 2.56. The quantitative estimate of drug-likeness (QED) is 0.453. The van der Waals surface area contributed by atoms with Crippen LogP contribution in [0.2, 0.25) is 0 Å². The first-order chi connectivity index (χ1) is 8.63. The molecule has 0 bridgehead atoms. The highest BCUT2D eigenvalue weighted by atomic mass is 16.3. The zero-order valence-electron chi connectivity index (χ0n) is 12.2. The Bertz CT molecular complexity index is 228. The number of hydrogen-bond acceptors (Lipinski definition) is 3. The van der Waals surface area contributed by atoms with Gasteiger partial charge in [-0.05, 0) is 26.5 Å². The molecule has 0 saturated carbocycles. The van der Waals surface area contributed by atoms with Gasteiger partial charge < -0.3 is 10.0 Å². The molecule has 0 rings (SSSR count). The van der Waals surface area contributed by atoms with Gasteiger partial charge in [0, 0.05) is 5.94 Å². The maximum Gasteiger partial charge on any atom is 0.277 e. The van der Waals surface area contributed by atoms with Gasteiger partial charge in [0.2, 0.25) is 0 Å². The van der Waals surface area contributed by atoms with Crippen LogP contribution in [0, 0.1) is 11.2 Å². The number of rotatable bonds is 11. The van der Waals surface area contributed by atoms with Gasteiger partial charge in [-0.15, -0.1) is 0 Å². The minimum atomic E-state index is -0.421. The van der Waals surface area contributed by atoms with Crippen molar-refractivity contribution in [1.82, 2.24) is 4.90 Å². The molecule has 1 radical (unpaired) electrons. The fraction of sp³-hybridized carbons (Fsp3) is 0.929. The van der Waals surface area contributed by atoms with Gasteiger partial charge >= 0.3 is 0 Å². The average molecular weight is 251 g/mol. The predicted molar refractivity (Wildman–Crippen MR) is 77.5 cm³/mol. The lowest BCUT2D eigenvalue weighted by molar-refractivity contribution is 0.104. The summed E-state index contributed by atoms with van der Waals surface area (Å²) in [6, 6.07) is 0. The number of hydrogen-bond donors (Lipinski definition) is 1. The molecule has 1 N–H and O–H groups in total. The van der Waals surface area contributed by atoms with E-state index in [9.17, 15) is 5.11 Å². The average Bonchev–Trinajstić information content (AvgIpc) is 2.34. The molecular weight excluding hydrogens is 223 g/mol. The zero-order chi connectivity index (χ0) is 13.8. The highest BCUT2D eigenvalue weighted by molar-refractivity contribution is 6.47. The smallest absolute Gasteiger partial charge is 0.277 e. The second-order valence-electron chi connectivity index (χ2n) is 5.23. The van der Waals surface area contributed by atoms with Crippen LogP contribution in [-0.2, 0) is 0 Å². The van der Waals surface area contributed by atoms with Gasteiger partial charge in [0.15, 0.2) is 0 Å². The number of nitrogens with zero attached hydrogens (tertiary/aromatic N) is 2. The van der Waals surface area contributed by atoms with E-state index in [1.807, 2.05) is 25.0 Å². The summed E-state index contributed by atoms with van der Waals surface area (Å²) < 4.78 is 0. The maximum absolute atomic E-state index is 10.0. The molecule has 0 aromatic heterocycles. The number of likely N-dealkylation sites (N-methyl/N-ethyl adjacent to an activating group) is 1. The molecule has 103 valence electrons. The summed E-state index contributed by atoms with van der Waals surface area (Å²) in [5, 5.41) is 18.7. The summed E-state index contributed by atoms with van der Waals surface area (Å²) in [6.45, 7) is 2.23. The molecule has 0 aliphatic heterocycles. The Morgan fingerprint density at radius 2 is 1.67 bits per heavy atom. The van der Waals surface area contributed by atoms with Crippen molar-refractivity contribution in [2.45, 2.75) is 70.3 Å². The Kier molecular flexibility index (Phi) is 11.2. The van der Waals surface area contributed by atoms with Crippen molar-refractivity contribution in [3.8, 4) is 5.97 Å². The molecule has 2 unspecified atom stereocenters. The summed E-state index contributed by atoms with van der Waals surface area (Å²) in [4.78, 5) is 1.90. The molecule has 0 aromatic rings. The van der Waals surface area contributed by atoms with Gasteiger partial charge in [-0.1, -0.05) is 51.9 Å². The maximum atomic E-state index is 10.0. The molecule has 3 nitrogen and oxygen atoms in total. The first kappa shape index (κ1) is 17.5. The lowest BCUT2D eigenvalue weighted by Crippen LogP contribution is -2.43. The van der Waals surface area contributed by atoms with E-state index in [-0.39, 0.29) is 5.94 Å². The van der Waals surface area contributed by atoms with E-state index in [4.69, 9.17) is 5.26 Å². The number of unbranched alkanes of at least 4 members (excludes halogenated alkanes) is 6. The highest BCUT2D eigenvalue weighted by Crippen LogP contribution is 2.12. The summed E-state index contributed by atoms with van der Waals surface area (Å²) in [7, 11) is 5.31. The van der Waals surface area contributed by atoms with E-state index in [1.54, 1.807) is 0 Å². The Morgan fingerprint density at radius 1 is 1.11 bits per heavy atom. The Balaban J connectivity index is 3.62. The van der Waals surface area contributed by atoms with E-state index in [1.165, 1.54) is 45.8 Å². The molecular formula is C14H28BN2O. The molecule has 0 aromatic carbocycles. The fourth-order valence-corrected chi connectivity index (χ4v) is 2.16. The van der Waals surface area contributed by atoms with Crippen LogP contribution >= 0.6 is 0 Å². The van der Waals surface area contributed by atoms with Crippen molar-refractivity contribution >= 4 is 7.28 Å². The van der Waals surface area contributed by atoms with Crippen LogP contribution in [-0.4, -0.2) is 43.4 Å². The van der Waals surface area contributed by atoms with Gasteiger partial charge in [0.1, 0.15) is 0 Å². The molecule has 0 fully saturated rings. The lowest BCUT2D eigenvalue weighted by Gasteiger charge is -2.26. The van der Waals surface area contributed by atoms with Crippen molar-refractivity contribution in [2.24, 2.45) is 0 Å². The van der Waals surface area contributed by atoms with E-state index in [0.29, 0.717) is 0 Å². The third-order valence-corrected chi connectivity index (χ3v) is 3.34. The van der Waals surface area contributed by atoms with Gasteiger partial charge in [0.25, 0.3) is 7.28 Å². The van der Waals surface area contributed by atoms with Crippen LogP contribution in [0.5, 0.6) is 0 Å². The van der Waals surface area contributed by atoms with Crippen molar-refractivity contribution in [3.05, 3.63) is 0 Å². The van der Waals surface area contributed by atoms with Crippen LogP contribution in [0.15, 0.2) is 0 Å². The largest absolute Gasteiger partial charge is 0.392 e. The molecule has 0 aliphatic carbocycles. The molecule has 0 heterocycles. The molecule has 0 amide bonds. The van der Waals surface area contributed by atoms with Crippen molar-refractivity contribution in [2.75, 3.05) is 14.1 Å². The zero-order valence-corrected chi connectivity index (χ0v) is 12.2. The summed E-state index contributed by atoms with van der Waals surface area (Å²) in [6.07, 6.45) is 9.14. The topological polar surface area (TPSA) is 47.3 Å². The Morgan fingerprint density at radius 3 is 2.17 bits per heavy atom. The number of aliphatic hydroxyl groups is 1. The summed E-state index contributed by atoms with van der Waals surface area (Å²) in [5.74, 6) is 1.88. The minimum Gasteiger partial charge on any atom is -0.392 e. The van der Waals surface area contributed by atoms with Crippen LogP contribution in [0.1, 0.15) is 58.3 Å². The second kappa shape index (κ2) is 11.6. The lowest BCUT2D eigenvalue weighted by atomic mass is 9.67. The molecule has 0 saturated heterocycles. The van der Waals surface area contributed by atoms with E-state index in [0.717, 1.165) is 12.8 Å². The fourth-order valence-electron chi connectivity index (χ4n) is 2.16. The van der Waals surface area contributed by atoms with E-state index >= 15 is 0 Å². The van der Waals surface area contributed by atoms with Gasteiger partial charge in [0.05, 0.1) is 6.10 Å². The first-order valence-corrected chi connectivity index (χ1v) is 7.21. The Labute approximate surface area is 113 Å². The van der Waals surface area contributed by atoms with E-state index in [2.05, 4.69) is 6.92 Å². The summed E-state index contributed by atoms with van der Waals surface area (Å²) in [5.41, 5.74) is 0. The molecule has 18 heavy (non-hydrogen) atoms. The highest BCUT2D eigenvalue weighted by Gasteiger charge is 2.21. The molecule has 4 heteroatoms. The molecule has 0 spiro atoms. The molecule has 0 aliphatic rings. The van der Waals surface area contributed by atoms with Crippen LogP contribution in [0.25, 0.3) is 0 Å². The third kappa shape index (κ3) is 8.55. The van der Waals surface area contributed by atoms with Crippen molar-refractivity contribution in [1.29, 1.82) is 5.26 Å². The van der Waals surface area contributed by atoms with Crippen molar-refractivity contribution < 1.29 is 5.11 Å². The second-order valence-corrected chi connectivity index (χ2v) is 5.23. The van der Waals surface area contributed by atoms with Crippen LogP contribution in [0.4, 0.5) is 0 Å². The third-order valence-electron chi connectivity index (χ3n) is 3.34. The normalized spacial score (nSPS) is 14.2. The minimum absolute atomic E-state index is 0.143. The summed E-state index contributed by atoms with van der Waals surface area (Å²) >= 11 is 0. The number of aliphatic hydroxyl groups excluding tert-OH is 1. The van der Waals surface area contributed by atoms with E-state index < -0.39 is 6.10 Å². The first-order valence-electron chi connectivity index (χ1n) is 7.21. The van der Waals surface area contributed by atoms with Crippen molar-refractivity contribution in [3.63, 3.8) is 0 Å². The molecule has 2 atom stereocenters. The standard InChI is InChI=1S/C14H28BN2O/c1-4-5-6-7-8-9-10-11-13(18)14(15-12-16)17(2)3/h13-14,18H,4-11H2,1-3H3. The SMILES string of the molecule is CCCCCCCCCC(O)C([B]C#N)N(C)C.